The zero-order valence-electron chi connectivity index (χ0n) is 10.6. The largest absolute Gasteiger partial charge is 0.362 e. The van der Waals surface area contributed by atoms with Crippen LogP contribution in [0.15, 0.2) is 12.4 Å². The molecule has 3 rings (SSSR count). The molecule has 1 aliphatic heterocycles. The van der Waals surface area contributed by atoms with Gasteiger partial charge in [-0.1, -0.05) is 11.3 Å². The van der Waals surface area contributed by atoms with Gasteiger partial charge in [0.1, 0.15) is 4.88 Å². The van der Waals surface area contributed by atoms with Crippen molar-refractivity contribution in [3.63, 3.8) is 0 Å². The average molecular weight is 277 g/mol. The molecule has 2 aromatic heterocycles. The van der Waals surface area contributed by atoms with Crippen LogP contribution in [0.2, 0.25) is 0 Å². The highest BCUT2D eigenvalue weighted by Gasteiger charge is 2.26. The Morgan fingerprint density at radius 3 is 3.32 bits per heavy atom. The SMILES string of the molecule is CCNc1ncc(C(=O)N2CCCc3[nH]ncc32)s1. The summed E-state index contributed by atoms with van der Waals surface area (Å²) in [7, 11) is 0. The predicted octanol–water partition coefficient (Wildman–Crippen LogP) is 1.89. The van der Waals surface area contributed by atoms with Gasteiger partial charge >= 0.3 is 0 Å². The van der Waals surface area contributed by atoms with E-state index in [1.807, 2.05) is 6.92 Å². The van der Waals surface area contributed by atoms with Crippen molar-refractivity contribution in [1.82, 2.24) is 15.2 Å². The predicted molar refractivity (Wildman–Crippen MR) is 74.9 cm³/mol. The van der Waals surface area contributed by atoms with E-state index in [0.29, 0.717) is 4.88 Å². The molecule has 0 aliphatic carbocycles. The first-order chi connectivity index (χ1) is 9.29. The molecule has 2 N–H and O–H groups in total. The minimum Gasteiger partial charge on any atom is -0.362 e. The molecular weight excluding hydrogens is 262 g/mol. The number of thiazole rings is 1. The number of fused-ring (bicyclic) bond motifs is 1. The number of rotatable bonds is 3. The molecule has 100 valence electrons. The van der Waals surface area contributed by atoms with E-state index >= 15 is 0 Å². The minimum atomic E-state index is 0.00371. The molecule has 1 aliphatic rings. The van der Waals surface area contributed by atoms with Crippen molar-refractivity contribution in [1.29, 1.82) is 0 Å². The number of carbonyl (C=O) groups is 1. The van der Waals surface area contributed by atoms with Gasteiger partial charge in [-0.2, -0.15) is 5.10 Å². The van der Waals surface area contributed by atoms with E-state index in [0.717, 1.165) is 42.4 Å². The third-order valence-electron chi connectivity index (χ3n) is 3.08. The number of nitrogens with one attached hydrogen (secondary N) is 2. The third kappa shape index (κ3) is 2.21. The van der Waals surface area contributed by atoms with Gasteiger partial charge in [0.25, 0.3) is 5.91 Å². The average Bonchev–Trinajstić information content (AvgIpc) is 3.06. The zero-order chi connectivity index (χ0) is 13.2. The van der Waals surface area contributed by atoms with E-state index in [2.05, 4.69) is 20.5 Å². The summed E-state index contributed by atoms with van der Waals surface area (Å²) in [6.07, 6.45) is 5.27. The molecule has 6 nitrogen and oxygen atoms in total. The molecule has 0 radical (unpaired) electrons. The minimum absolute atomic E-state index is 0.00371. The molecular formula is C12H15N5OS. The van der Waals surface area contributed by atoms with Gasteiger partial charge in [0.05, 0.1) is 23.8 Å². The molecule has 7 heteroatoms. The second-order valence-electron chi connectivity index (χ2n) is 4.35. The summed E-state index contributed by atoms with van der Waals surface area (Å²) >= 11 is 1.39. The maximum Gasteiger partial charge on any atom is 0.270 e. The zero-order valence-corrected chi connectivity index (χ0v) is 11.5. The smallest absolute Gasteiger partial charge is 0.270 e. The van der Waals surface area contributed by atoms with Crippen molar-refractivity contribution in [2.24, 2.45) is 0 Å². The van der Waals surface area contributed by atoms with Gasteiger partial charge in [0.2, 0.25) is 0 Å². The van der Waals surface area contributed by atoms with Gasteiger partial charge < -0.3 is 10.2 Å². The lowest BCUT2D eigenvalue weighted by atomic mass is 10.1. The first kappa shape index (κ1) is 12.2. The summed E-state index contributed by atoms with van der Waals surface area (Å²) in [5, 5.41) is 10.9. The second kappa shape index (κ2) is 5.00. The maximum atomic E-state index is 12.5. The van der Waals surface area contributed by atoms with Crippen LogP contribution in [0.25, 0.3) is 0 Å². The number of hydrogen-bond donors (Lipinski definition) is 2. The van der Waals surface area contributed by atoms with Crippen molar-refractivity contribution < 1.29 is 4.79 Å². The van der Waals surface area contributed by atoms with Crippen LogP contribution in [0.3, 0.4) is 0 Å². The number of carbonyl (C=O) groups excluding carboxylic acids is 1. The molecule has 0 fully saturated rings. The van der Waals surface area contributed by atoms with Crippen molar-refractivity contribution >= 4 is 28.1 Å². The fourth-order valence-corrected chi connectivity index (χ4v) is 3.04. The van der Waals surface area contributed by atoms with Crippen molar-refractivity contribution in [3.05, 3.63) is 23.0 Å². The van der Waals surface area contributed by atoms with Crippen LogP contribution in [0.5, 0.6) is 0 Å². The normalized spacial score (nSPS) is 14.3. The number of amides is 1. The van der Waals surface area contributed by atoms with Gasteiger partial charge in [0.15, 0.2) is 5.13 Å². The van der Waals surface area contributed by atoms with E-state index in [-0.39, 0.29) is 5.91 Å². The quantitative estimate of drug-likeness (QED) is 0.898. The molecule has 0 bridgehead atoms. The van der Waals surface area contributed by atoms with Crippen molar-refractivity contribution in [2.75, 3.05) is 23.3 Å². The van der Waals surface area contributed by atoms with Crippen LogP contribution in [0.4, 0.5) is 10.8 Å². The molecule has 19 heavy (non-hydrogen) atoms. The van der Waals surface area contributed by atoms with Gasteiger partial charge in [-0.3, -0.25) is 9.89 Å². The lowest BCUT2D eigenvalue weighted by Gasteiger charge is -2.25. The Hall–Kier alpha value is -1.89. The summed E-state index contributed by atoms with van der Waals surface area (Å²) in [4.78, 5) is 19.1. The van der Waals surface area contributed by atoms with Gasteiger partial charge in [-0.25, -0.2) is 4.98 Å². The van der Waals surface area contributed by atoms with E-state index in [9.17, 15) is 4.79 Å². The van der Waals surface area contributed by atoms with Gasteiger partial charge in [-0.05, 0) is 19.8 Å². The number of nitrogens with zero attached hydrogens (tertiary/aromatic N) is 3. The van der Waals surface area contributed by atoms with Crippen LogP contribution >= 0.6 is 11.3 Å². The highest BCUT2D eigenvalue weighted by Crippen LogP contribution is 2.28. The summed E-state index contributed by atoms with van der Waals surface area (Å²) < 4.78 is 0. The first-order valence-electron chi connectivity index (χ1n) is 6.33. The van der Waals surface area contributed by atoms with Crippen LogP contribution in [-0.2, 0) is 6.42 Å². The van der Waals surface area contributed by atoms with E-state index in [1.54, 1.807) is 17.3 Å². The fourth-order valence-electron chi connectivity index (χ4n) is 2.21. The molecule has 0 saturated heterocycles. The Bertz CT molecular complexity index is 590. The Kier molecular flexibility index (Phi) is 3.20. The number of hydrogen-bond acceptors (Lipinski definition) is 5. The lowest BCUT2D eigenvalue weighted by Crippen LogP contribution is -2.34. The fraction of sp³-hybridized carbons (Fsp3) is 0.417. The van der Waals surface area contributed by atoms with Crippen LogP contribution in [0, 0.1) is 0 Å². The topological polar surface area (TPSA) is 73.9 Å². The molecule has 0 spiro atoms. The second-order valence-corrected chi connectivity index (χ2v) is 5.38. The lowest BCUT2D eigenvalue weighted by molar-refractivity contribution is 0.0989. The van der Waals surface area contributed by atoms with E-state index < -0.39 is 0 Å². The summed E-state index contributed by atoms with van der Waals surface area (Å²) in [5.41, 5.74) is 1.94. The Morgan fingerprint density at radius 2 is 2.47 bits per heavy atom. The number of aryl methyl sites for hydroxylation is 1. The highest BCUT2D eigenvalue weighted by atomic mass is 32.1. The molecule has 3 heterocycles. The van der Waals surface area contributed by atoms with Crippen LogP contribution in [0.1, 0.15) is 28.7 Å². The Balaban J connectivity index is 1.84. The van der Waals surface area contributed by atoms with E-state index in [1.165, 1.54) is 11.3 Å². The van der Waals surface area contributed by atoms with Crippen LogP contribution < -0.4 is 10.2 Å². The number of aromatic nitrogens is 3. The molecule has 0 saturated carbocycles. The van der Waals surface area contributed by atoms with Gasteiger partial charge in [0, 0.05) is 13.1 Å². The van der Waals surface area contributed by atoms with Crippen LogP contribution in [-0.4, -0.2) is 34.2 Å². The van der Waals surface area contributed by atoms with Crippen molar-refractivity contribution in [2.45, 2.75) is 19.8 Å². The third-order valence-corrected chi connectivity index (χ3v) is 4.03. The molecule has 0 aromatic carbocycles. The standard InChI is InChI=1S/C12H15N5OS/c1-2-13-12-14-7-10(19-12)11(18)17-5-3-4-8-9(17)6-15-16-8/h6-7H,2-5H2,1H3,(H,13,14)(H,15,16). The molecule has 0 unspecified atom stereocenters. The van der Waals surface area contributed by atoms with Crippen molar-refractivity contribution in [3.8, 4) is 0 Å². The van der Waals surface area contributed by atoms with Gasteiger partial charge in [-0.15, -0.1) is 0 Å². The molecule has 0 atom stereocenters. The molecule has 1 amide bonds. The highest BCUT2D eigenvalue weighted by molar-refractivity contribution is 7.17. The number of H-pyrrole nitrogens is 1. The monoisotopic (exact) mass is 277 g/mol. The number of anilines is 2. The Morgan fingerprint density at radius 1 is 1.58 bits per heavy atom. The summed E-state index contributed by atoms with van der Waals surface area (Å²) in [6, 6.07) is 0. The number of aromatic amines is 1. The van der Waals surface area contributed by atoms with E-state index in [4.69, 9.17) is 0 Å². The Labute approximate surface area is 114 Å². The first-order valence-corrected chi connectivity index (χ1v) is 7.15. The maximum absolute atomic E-state index is 12.5. The molecule has 2 aromatic rings. The summed E-state index contributed by atoms with van der Waals surface area (Å²) in [6.45, 7) is 3.54. The summed E-state index contributed by atoms with van der Waals surface area (Å²) in [5.74, 6) is 0.00371.